The van der Waals surface area contributed by atoms with Crippen molar-refractivity contribution in [2.45, 2.75) is 57.5 Å². The molecule has 0 aliphatic carbocycles. The Morgan fingerprint density at radius 2 is 1.91 bits per heavy atom. The lowest BCUT2D eigenvalue weighted by atomic mass is 10.1. The number of rotatable bonds is 11. The molecule has 1 aliphatic rings. The van der Waals surface area contributed by atoms with Crippen LogP contribution < -0.4 is 19.8 Å². The van der Waals surface area contributed by atoms with Crippen LogP contribution in [-0.2, 0) is 23.5 Å². The van der Waals surface area contributed by atoms with Gasteiger partial charge in [0.25, 0.3) is 11.1 Å². The highest BCUT2D eigenvalue weighted by molar-refractivity contribution is 7.89. The fraction of sp³-hybridized carbons (Fsp3) is 0.481. The zero-order valence-electron chi connectivity index (χ0n) is 24.9. The van der Waals surface area contributed by atoms with Crippen molar-refractivity contribution in [3.8, 4) is 28.2 Å². The number of anilines is 1. The molecule has 2 atom stereocenters. The van der Waals surface area contributed by atoms with Gasteiger partial charge in [-0.1, -0.05) is 24.7 Å². The molecule has 0 radical (unpaired) electrons. The van der Waals surface area contributed by atoms with Crippen LogP contribution in [0.5, 0.6) is 16.8 Å². The number of ether oxygens (including phenoxy) is 2. The number of nitrogens with zero attached hydrogens (tertiary/aromatic N) is 8. The van der Waals surface area contributed by atoms with Crippen LogP contribution in [0.1, 0.15) is 39.8 Å². The number of piperazine rings is 1. The number of benzene rings is 1. The highest BCUT2D eigenvalue weighted by Gasteiger charge is 2.36. The molecule has 1 fully saturated rings. The maximum atomic E-state index is 13.9. The Labute approximate surface area is 254 Å². The van der Waals surface area contributed by atoms with Crippen molar-refractivity contribution in [3.05, 3.63) is 34.2 Å². The summed E-state index contributed by atoms with van der Waals surface area (Å²) in [5.74, 6) is 1.16. The van der Waals surface area contributed by atoms with Crippen LogP contribution in [0.25, 0.3) is 22.4 Å². The molecule has 14 nitrogen and oxygen atoms in total. The van der Waals surface area contributed by atoms with E-state index in [1.54, 1.807) is 39.6 Å². The van der Waals surface area contributed by atoms with Gasteiger partial charge in [0.2, 0.25) is 10.0 Å². The summed E-state index contributed by atoms with van der Waals surface area (Å²) in [6.07, 6.45) is 1.50. The second kappa shape index (κ2) is 12.5. The molecule has 1 aromatic carbocycles. The summed E-state index contributed by atoms with van der Waals surface area (Å²) in [7, 11) is -0.587. The molecule has 0 saturated carbocycles. The molecule has 1 N–H and O–H groups in total. The summed E-state index contributed by atoms with van der Waals surface area (Å²) < 4.78 is 43.2. The molecule has 16 heteroatoms. The highest BCUT2D eigenvalue weighted by atomic mass is 32.2. The maximum absolute atomic E-state index is 13.9. The number of aromatic nitrogens is 5. The van der Waals surface area contributed by atoms with Gasteiger partial charge < -0.3 is 14.8 Å². The topological polar surface area (TPSA) is 157 Å². The molecular weight excluding hydrogens is 594 g/mol. The first kappa shape index (κ1) is 30.7. The van der Waals surface area contributed by atoms with E-state index in [1.807, 2.05) is 27.7 Å². The van der Waals surface area contributed by atoms with Gasteiger partial charge in [-0.2, -0.15) is 19.4 Å². The Kier molecular flexibility index (Phi) is 8.91. The Morgan fingerprint density at radius 3 is 2.58 bits per heavy atom. The Hall–Kier alpha value is -3.73. The predicted molar refractivity (Wildman–Crippen MR) is 164 cm³/mol. The van der Waals surface area contributed by atoms with Gasteiger partial charge in [-0.25, -0.2) is 18.4 Å². The van der Waals surface area contributed by atoms with E-state index in [9.17, 15) is 13.3 Å². The number of thiazole rings is 1. The van der Waals surface area contributed by atoms with Gasteiger partial charge in [0.15, 0.2) is 11.6 Å². The van der Waals surface area contributed by atoms with Crippen LogP contribution in [0, 0.1) is 4.91 Å². The molecule has 5 rings (SSSR count). The average Bonchev–Trinajstić information content (AvgIpc) is 3.57. The number of sulfonamides is 1. The van der Waals surface area contributed by atoms with E-state index in [1.165, 1.54) is 18.4 Å². The van der Waals surface area contributed by atoms with Crippen LogP contribution in [0.3, 0.4) is 0 Å². The van der Waals surface area contributed by atoms with Crippen molar-refractivity contribution >= 4 is 38.2 Å². The third kappa shape index (κ3) is 5.91. The van der Waals surface area contributed by atoms with Crippen LogP contribution in [0.2, 0.25) is 0 Å². The third-order valence-electron chi connectivity index (χ3n) is 7.13. The molecule has 0 amide bonds. The smallest absolute Gasteiger partial charge is 0.282 e. The second-order valence-electron chi connectivity index (χ2n) is 10.3. The molecule has 3 aromatic heterocycles. The number of hydrogen-bond donors (Lipinski definition) is 1. The Morgan fingerprint density at radius 1 is 1.16 bits per heavy atom. The third-order valence-corrected chi connectivity index (χ3v) is 9.96. The SMILES string of the molecule is CCCc1nn(C)c2c(Oc3nc(N(C)N=O)cs3)nc(-c3cc(S(=O)(=O)N4C(C)CNCC4C)ccc3OCC)nc12. The van der Waals surface area contributed by atoms with E-state index < -0.39 is 10.0 Å². The number of fused-ring (bicyclic) bond motifs is 1. The van der Waals surface area contributed by atoms with Gasteiger partial charge in [-0.05, 0) is 45.4 Å². The lowest BCUT2D eigenvalue weighted by Crippen LogP contribution is -2.57. The largest absolute Gasteiger partial charge is 0.493 e. The fourth-order valence-electron chi connectivity index (χ4n) is 5.21. The molecule has 230 valence electrons. The average molecular weight is 630 g/mol. The van der Waals surface area contributed by atoms with Crippen molar-refractivity contribution in [1.82, 2.24) is 34.4 Å². The summed E-state index contributed by atoms with van der Waals surface area (Å²) in [5, 5.41) is 13.8. The van der Waals surface area contributed by atoms with Crippen LogP contribution in [0.4, 0.5) is 5.82 Å². The molecule has 2 unspecified atom stereocenters. The lowest BCUT2D eigenvalue weighted by Gasteiger charge is -2.38. The summed E-state index contributed by atoms with van der Waals surface area (Å²) >= 11 is 1.18. The van der Waals surface area contributed by atoms with Crippen molar-refractivity contribution < 1.29 is 17.9 Å². The summed E-state index contributed by atoms with van der Waals surface area (Å²) in [6.45, 7) is 9.16. The monoisotopic (exact) mass is 629 g/mol. The Bertz CT molecular complexity index is 1730. The van der Waals surface area contributed by atoms with Crippen molar-refractivity contribution in [3.63, 3.8) is 0 Å². The first-order chi connectivity index (χ1) is 20.6. The van der Waals surface area contributed by atoms with Gasteiger partial charge in [0.1, 0.15) is 16.8 Å². The first-order valence-corrected chi connectivity index (χ1v) is 16.4. The van der Waals surface area contributed by atoms with E-state index in [4.69, 9.17) is 19.4 Å². The molecule has 4 heterocycles. The van der Waals surface area contributed by atoms with Crippen LogP contribution >= 0.6 is 11.3 Å². The fourth-order valence-corrected chi connectivity index (χ4v) is 7.74. The second-order valence-corrected chi connectivity index (χ2v) is 13.0. The zero-order chi connectivity index (χ0) is 30.9. The van der Waals surface area contributed by atoms with E-state index in [0.717, 1.165) is 17.1 Å². The number of nitroso groups, excluding NO2 is 1. The molecule has 0 bridgehead atoms. The predicted octanol–water partition coefficient (Wildman–Crippen LogP) is 4.12. The van der Waals surface area contributed by atoms with E-state index in [-0.39, 0.29) is 33.9 Å². The molecular formula is C27H35N9O5S2. The van der Waals surface area contributed by atoms with Crippen molar-refractivity contribution in [2.75, 3.05) is 31.8 Å². The summed E-state index contributed by atoms with van der Waals surface area (Å²) in [5.41, 5.74) is 2.29. The minimum atomic E-state index is -3.86. The van der Waals surface area contributed by atoms with Crippen LogP contribution in [-0.4, -0.2) is 76.3 Å². The minimum absolute atomic E-state index is 0.117. The number of nitrogens with one attached hydrogen (secondary N) is 1. The zero-order valence-corrected chi connectivity index (χ0v) is 26.6. The van der Waals surface area contributed by atoms with E-state index in [2.05, 4.69) is 20.7 Å². The molecule has 4 aromatic rings. The van der Waals surface area contributed by atoms with Crippen molar-refractivity contribution in [2.24, 2.45) is 12.3 Å². The molecule has 0 spiro atoms. The minimum Gasteiger partial charge on any atom is -0.493 e. The Balaban J connectivity index is 1.68. The van der Waals surface area contributed by atoms with Gasteiger partial charge in [0.05, 0.1) is 28.0 Å². The quantitative estimate of drug-likeness (QED) is 0.188. The molecule has 1 saturated heterocycles. The summed E-state index contributed by atoms with van der Waals surface area (Å²) in [4.78, 5) is 25.1. The molecule has 1 aliphatic heterocycles. The standard InChI is InChI=1S/C27H35N9O5S2/c1-7-9-20-23-24(35(6)32-20)26(41-27-29-22(15-42-27)34(5)33-37)31-25(30-23)19-12-18(10-11-21(19)40-8-2)43(38,39)36-16(3)13-28-14-17(36)4/h10-12,15-17,28H,7-9,13-14H2,1-6H3. The maximum Gasteiger partial charge on any atom is 0.282 e. The summed E-state index contributed by atoms with van der Waals surface area (Å²) in [6, 6.07) is 4.32. The number of hydrogen-bond acceptors (Lipinski definition) is 12. The van der Waals surface area contributed by atoms with Crippen molar-refractivity contribution in [1.29, 1.82) is 0 Å². The highest BCUT2D eigenvalue weighted by Crippen LogP contribution is 2.38. The first-order valence-electron chi connectivity index (χ1n) is 14.0. The lowest BCUT2D eigenvalue weighted by molar-refractivity contribution is 0.220. The van der Waals surface area contributed by atoms with Gasteiger partial charge >= 0.3 is 0 Å². The van der Waals surface area contributed by atoms with E-state index in [0.29, 0.717) is 54.3 Å². The molecule has 43 heavy (non-hydrogen) atoms. The van der Waals surface area contributed by atoms with E-state index >= 15 is 0 Å². The van der Waals surface area contributed by atoms with Gasteiger partial charge in [-0.15, -0.1) is 4.91 Å². The normalized spacial score (nSPS) is 17.7. The van der Waals surface area contributed by atoms with Crippen LogP contribution in [0.15, 0.2) is 33.8 Å². The van der Waals surface area contributed by atoms with Gasteiger partial charge in [0, 0.05) is 44.6 Å². The van der Waals surface area contributed by atoms with Gasteiger partial charge in [-0.3, -0.25) is 4.68 Å². The number of aryl methyl sites for hydroxylation is 2.